The Kier molecular flexibility index (Phi) is 6.04. The number of benzene rings is 1. The highest BCUT2D eigenvalue weighted by atomic mass is 16.5. The standard InChI is InChI=1S/C24H28N4O3/c1-4-20-12-19(13-22(29)25-20)24(30)27-10-11-31-15-21(27)23-16(2)26-28(17(23)3)14-18-8-6-5-7-9-18/h5-9,12-13,21H,4,10-11,14-15H2,1-3H3,(H,25,29). The van der Waals surface area contributed by atoms with E-state index in [2.05, 4.69) is 17.1 Å². The van der Waals surface area contributed by atoms with Gasteiger partial charge in [-0.1, -0.05) is 37.3 Å². The number of hydrogen-bond acceptors (Lipinski definition) is 4. The van der Waals surface area contributed by atoms with Crippen LogP contribution in [0.2, 0.25) is 0 Å². The summed E-state index contributed by atoms with van der Waals surface area (Å²) in [6.45, 7) is 7.99. The Morgan fingerprint density at radius 2 is 2.00 bits per heavy atom. The smallest absolute Gasteiger partial charge is 0.254 e. The summed E-state index contributed by atoms with van der Waals surface area (Å²) in [6.07, 6.45) is 0.660. The second-order valence-electron chi connectivity index (χ2n) is 7.93. The SMILES string of the molecule is CCc1cc(C(=O)N2CCOCC2c2c(C)nn(Cc3ccccc3)c2C)cc(=O)[nH]1. The van der Waals surface area contributed by atoms with Crippen molar-refractivity contribution in [2.24, 2.45) is 0 Å². The highest BCUT2D eigenvalue weighted by molar-refractivity contribution is 5.94. The predicted octanol–water partition coefficient (Wildman–Crippen LogP) is 3.01. The van der Waals surface area contributed by atoms with Gasteiger partial charge in [0.05, 0.1) is 31.5 Å². The van der Waals surface area contributed by atoms with Gasteiger partial charge in [-0.2, -0.15) is 5.10 Å². The maximum atomic E-state index is 13.4. The molecule has 1 aliphatic rings. The zero-order valence-corrected chi connectivity index (χ0v) is 18.2. The van der Waals surface area contributed by atoms with Crippen molar-refractivity contribution < 1.29 is 9.53 Å². The average molecular weight is 421 g/mol. The number of nitrogens with one attached hydrogen (secondary N) is 1. The fourth-order valence-electron chi connectivity index (χ4n) is 4.27. The number of carbonyl (C=O) groups excluding carboxylic acids is 1. The first-order chi connectivity index (χ1) is 15.0. The van der Waals surface area contributed by atoms with Crippen LogP contribution >= 0.6 is 0 Å². The highest BCUT2D eigenvalue weighted by Crippen LogP contribution is 2.31. The molecule has 0 spiro atoms. The summed E-state index contributed by atoms with van der Waals surface area (Å²) in [4.78, 5) is 30.0. The first-order valence-electron chi connectivity index (χ1n) is 10.7. The van der Waals surface area contributed by atoms with E-state index in [-0.39, 0.29) is 17.5 Å². The molecule has 7 nitrogen and oxygen atoms in total. The van der Waals surface area contributed by atoms with E-state index in [1.165, 1.54) is 11.6 Å². The average Bonchev–Trinajstić information content (AvgIpc) is 3.06. The van der Waals surface area contributed by atoms with Gasteiger partial charge >= 0.3 is 0 Å². The first-order valence-corrected chi connectivity index (χ1v) is 10.7. The third kappa shape index (κ3) is 4.32. The van der Waals surface area contributed by atoms with Crippen molar-refractivity contribution in [1.29, 1.82) is 0 Å². The van der Waals surface area contributed by atoms with Crippen molar-refractivity contribution in [2.45, 2.75) is 39.8 Å². The lowest BCUT2D eigenvalue weighted by atomic mass is 10.0. The topological polar surface area (TPSA) is 80.2 Å². The van der Waals surface area contributed by atoms with Gasteiger partial charge in [0.2, 0.25) is 5.56 Å². The maximum Gasteiger partial charge on any atom is 0.254 e. The largest absolute Gasteiger partial charge is 0.377 e. The van der Waals surface area contributed by atoms with E-state index in [1.54, 1.807) is 6.07 Å². The Morgan fingerprint density at radius 1 is 1.23 bits per heavy atom. The Balaban J connectivity index is 1.67. The van der Waals surface area contributed by atoms with Gasteiger partial charge in [0, 0.05) is 35.1 Å². The number of amides is 1. The number of aryl methyl sites for hydroxylation is 2. The van der Waals surface area contributed by atoms with Crippen LogP contribution < -0.4 is 5.56 Å². The molecule has 1 N–H and O–H groups in total. The molecule has 1 atom stereocenters. The van der Waals surface area contributed by atoms with E-state index in [0.29, 0.717) is 38.3 Å². The molecule has 31 heavy (non-hydrogen) atoms. The van der Waals surface area contributed by atoms with Crippen LogP contribution in [0.3, 0.4) is 0 Å². The number of aromatic amines is 1. The number of aromatic nitrogens is 3. The molecule has 7 heteroatoms. The zero-order valence-electron chi connectivity index (χ0n) is 18.2. The van der Waals surface area contributed by atoms with Crippen LogP contribution in [0, 0.1) is 13.8 Å². The summed E-state index contributed by atoms with van der Waals surface area (Å²) >= 11 is 0. The van der Waals surface area contributed by atoms with E-state index in [4.69, 9.17) is 9.84 Å². The molecule has 0 bridgehead atoms. The Labute approximate surface area is 181 Å². The van der Waals surface area contributed by atoms with Crippen LogP contribution in [0.4, 0.5) is 0 Å². The quantitative estimate of drug-likeness (QED) is 0.688. The van der Waals surface area contributed by atoms with Crippen molar-refractivity contribution in [3.05, 3.63) is 86.6 Å². The van der Waals surface area contributed by atoms with E-state index < -0.39 is 0 Å². The number of rotatable bonds is 5. The molecule has 1 aliphatic heterocycles. The van der Waals surface area contributed by atoms with Crippen LogP contribution in [-0.2, 0) is 17.7 Å². The molecule has 1 aromatic carbocycles. The second-order valence-corrected chi connectivity index (χ2v) is 7.93. The molecule has 3 heterocycles. The summed E-state index contributed by atoms with van der Waals surface area (Å²) in [7, 11) is 0. The lowest BCUT2D eigenvalue weighted by molar-refractivity contribution is -0.00307. The minimum atomic E-state index is -0.254. The summed E-state index contributed by atoms with van der Waals surface area (Å²) in [5, 5.41) is 4.76. The molecule has 1 fully saturated rings. The van der Waals surface area contributed by atoms with Crippen molar-refractivity contribution >= 4 is 5.91 Å². The van der Waals surface area contributed by atoms with Crippen molar-refractivity contribution in [3.63, 3.8) is 0 Å². The van der Waals surface area contributed by atoms with Gasteiger partial charge in [0.1, 0.15) is 0 Å². The third-order valence-corrected chi connectivity index (χ3v) is 5.86. The minimum Gasteiger partial charge on any atom is -0.377 e. The van der Waals surface area contributed by atoms with E-state index in [1.807, 2.05) is 48.6 Å². The Morgan fingerprint density at radius 3 is 2.74 bits per heavy atom. The van der Waals surface area contributed by atoms with Gasteiger partial charge in [0.15, 0.2) is 0 Å². The predicted molar refractivity (Wildman–Crippen MR) is 118 cm³/mol. The third-order valence-electron chi connectivity index (χ3n) is 5.86. The van der Waals surface area contributed by atoms with Crippen molar-refractivity contribution in [2.75, 3.05) is 19.8 Å². The van der Waals surface area contributed by atoms with Crippen molar-refractivity contribution in [3.8, 4) is 0 Å². The molecule has 1 amide bonds. The minimum absolute atomic E-state index is 0.149. The second kappa shape index (κ2) is 8.89. The molecule has 2 aromatic heterocycles. The molecule has 3 aromatic rings. The number of carbonyl (C=O) groups is 1. The van der Waals surface area contributed by atoms with Gasteiger partial charge in [-0.05, 0) is 31.9 Å². The molecule has 0 radical (unpaired) electrons. The molecule has 1 saturated heterocycles. The van der Waals surface area contributed by atoms with Crippen LogP contribution in [-0.4, -0.2) is 45.3 Å². The van der Waals surface area contributed by atoms with Crippen molar-refractivity contribution in [1.82, 2.24) is 19.7 Å². The van der Waals surface area contributed by atoms with Crippen LogP contribution in [0.25, 0.3) is 0 Å². The summed E-state index contributed by atoms with van der Waals surface area (Å²) < 4.78 is 7.75. The van der Waals surface area contributed by atoms with Gasteiger partial charge in [-0.25, -0.2) is 0 Å². The molecule has 0 aliphatic carbocycles. The van der Waals surface area contributed by atoms with Crippen LogP contribution in [0.5, 0.6) is 0 Å². The molecule has 4 rings (SSSR count). The summed E-state index contributed by atoms with van der Waals surface area (Å²) in [5.74, 6) is -0.149. The number of morpholine rings is 1. The number of nitrogens with zero attached hydrogens (tertiary/aromatic N) is 3. The number of ether oxygens (including phenoxy) is 1. The highest BCUT2D eigenvalue weighted by Gasteiger charge is 2.33. The fraction of sp³-hybridized carbons (Fsp3) is 0.375. The molecule has 1 unspecified atom stereocenters. The molecule has 162 valence electrons. The van der Waals surface area contributed by atoms with Gasteiger partial charge in [-0.3, -0.25) is 14.3 Å². The van der Waals surface area contributed by atoms with Crippen LogP contribution in [0.15, 0.2) is 47.3 Å². The first kappa shape index (κ1) is 21.1. The summed E-state index contributed by atoms with van der Waals surface area (Å²) in [6, 6.07) is 13.1. The molecular formula is C24H28N4O3. The molecule has 0 saturated carbocycles. The normalized spacial score (nSPS) is 16.5. The number of H-pyrrole nitrogens is 1. The van der Waals surface area contributed by atoms with E-state index in [9.17, 15) is 9.59 Å². The zero-order chi connectivity index (χ0) is 22.0. The van der Waals surface area contributed by atoms with Gasteiger partial charge in [-0.15, -0.1) is 0 Å². The number of hydrogen-bond donors (Lipinski definition) is 1. The lowest BCUT2D eigenvalue weighted by Crippen LogP contribution is -2.44. The van der Waals surface area contributed by atoms with E-state index in [0.717, 1.165) is 22.6 Å². The summed E-state index contributed by atoms with van der Waals surface area (Å²) in [5.41, 5.74) is 5.02. The molecular weight excluding hydrogens is 392 g/mol. The Bertz CT molecular complexity index is 1130. The van der Waals surface area contributed by atoms with E-state index >= 15 is 0 Å². The van der Waals surface area contributed by atoms with Gasteiger partial charge in [0.25, 0.3) is 5.91 Å². The number of pyridine rings is 1. The lowest BCUT2D eigenvalue weighted by Gasteiger charge is -2.36. The van der Waals surface area contributed by atoms with Gasteiger partial charge < -0.3 is 14.6 Å². The monoisotopic (exact) mass is 420 g/mol. The maximum absolute atomic E-state index is 13.4. The van der Waals surface area contributed by atoms with Crippen LogP contribution in [0.1, 0.15) is 51.5 Å². The fourth-order valence-corrected chi connectivity index (χ4v) is 4.27. The Hall–Kier alpha value is -3.19.